The minimum absolute atomic E-state index is 0.0733. The molecule has 96 valence electrons. The van der Waals surface area contributed by atoms with Gasteiger partial charge in [-0.2, -0.15) is 11.8 Å². The summed E-state index contributed by atoms with van der Waals surface area (Å²) in [4.78, 5) is 13.8. The summed E-state index contributed by atoms with van der Waals surface area (Å²) < 4.78 is 4.91. The maximum atomic E-state index is 12.0. The van der Waals surface area contributed by atoms with Crippen molar-refractivity contribution in [2.75, 3.05) is 18.6 Å². The highest BCUT2D eigenvalue weighted by Gasteiger charge is 2.20. The maximum absolute atomic E-state index is 12.0. The lowest BCUT2D eigenvalue weighted by molar-refractivity contribution is 0.0731. The Morgan fingerprint density at radius 2 is 2.35 bits per heavy atom. The molecule has 0 saturated heterocycles. The molecule has 5 heteroatoms. The summed E-state index contributed by atoms with van der Waals surface area (Å²) in [7, 11) is 1.81. The zero-order chi connectivity index (χ0) is 12.8. The molecule has 0 N–H and O–H groups in total. The van der Waals surface area contributed by atoms with E-state index in [9.17, 15) is 4.79 Å². The number of aromatic nitrogens is 1. The largest absolute Gasteiger partial charge is 0.361 e. The van der Waals surface area contributed by atoms with Gasteiger partial charge in [0, 0.05) is 19.2 Å². The molecule has 1 heterocycles. The number of hydrogen-bond acceptors (Lipinski definition) is 4. The second-order valence-corrected chi connectivity index (χ2v) is 5.47. The highest BCUT2D eigenvalue weighted by atomic mass is 32.2. The molecule has 0 aliphatic heterocycles. The number of amides is 1. The molecule has 0 aliphatic rings. The number of nitrogens with zero attached hydrogens (tertiary/aromatic N) is 2. The minimum Gasteiger partial charge on any atom is -0.361 e. The van der Waals surface area contributed by atoms with E-state index in [4.69, 9.17) is 4.52 Å². The lowest BCUT2D eigenvalue weighted by Gasteiger charge is -2.23. The fourth-order valence-electron chi connectivity index (χ4n) is 1.44. The molecule has 4 nitrogen and oxygen atoms in total. The van der Waals surface area contributed by atoms with Crippen LogP contribution in [0.1, 0.15) is 36.5 Å². The smallest absolute Gasteiger partial charge is 0.276 e. The molecule has 1 amide bonds. The fraction of sp³-hybridized carbons (Fsp3) is 0.667. The van der Waals surface area contributed by atoms with E-state index in [1.54, 1.807) is 17.9 Å². The highest BCUT2D eigenvalue weighted by molar-refractivity contribution is 7.99. The summed E-state index contributed by atoms with van der Waals surface area (Å²) in [6.07, 6.45) is 0.998. The lowest BCUT2D eigenvalue weighted by Crippen LogP contribution is -2.35. The van der Waals surface area contributed by atoms with Crippen LogP contribution in [0.2, 0.25) is 0 Å². The summed E-state index contributed by atoms with van der Waals surface area (Å²) in [6.45, 7) is 5.98. The molecule has 17 heavy (non-hydrogen) atoms. The first-order valence-electron chi connectivity index (χ1n) is 5.84. The molecule has 1 aromatic heterocycles. The summed E-state index contributed by atoms with van der Waals surface area (Å²) in [5.74, 6) is 2.78. The van der Waals surface area contributed by atoms with Crippen molar-refractivity contribution in [3.63, 3.8) is 0 Å². The van der Waals surface area contributed by atoms with Crippen molar-refractivity contribution in [1.82, 2.24) is 10.1 Å². The number of carbonyl (C=O) groups is 1. The van der Waals surface area contributed by atoms with Gasteiger partial charge in [0.1, 0.15) is 5.76 Å². The zero-order valence-corrected chi connectivity index (χ0v) is 11.7. The van der Waals surface area contributed by atoms with Crippen molar-refractivity contribution in [3.8, 4) is 0 Å². The maximum Gasteiger partial charge on any atom is 0.276 e. The van der Waals surface area contributed by atoms with E-state index in [0.29, 0.717) is 11.5 Å². The van der Waals surface area contributed by atoms with Crippen molar-refractivity contribution >= 4 is 17.7 Å². The van der Waals surface area contributed by atoms with E-state index in [-0.39, 0.29) is 11.9 Å². The Balaban J connectivity index is 2.51. The van der Waals surface area contributed by atoms with E-state index in [1.165, 1.54) is 0 Å². The van der Waals surface area contributed by atoms with Gasteiger partial charge in [0.25, 0.3) is 5.91 Å². The van der Waals surface area contributed by atoms with Crippen molar-refractivity contribution < 1.29 is 9.32 Å². The zero-order valence-electron chi connectivity index (χ0n) is 10.9. The molecule has 1 aromatic rings. The standard InChI is InChI=1S/C12H20N2O2S/c1-5-17-7-6-9(2)14(4)12(15)11-8-10(3)16-13-11/h8-9H,5-7H2,1-4H3/t9-/m1/s1. The molecule has 1 rings (SSSR count). The molecule has 0 spiro atoms. The Morgan fingerprint density at radius 1 is 1.65 bits per heavy atom. The molecule has 1 atom stereocenters. The average Bonchev–Trinajstić information content (AvgIpc) is 2.74. The number of rotatable bonds is 6. The number of carbonyl (C=O) groups excluding carboxylic acids is 1. The van der Waals surface area contributed by atoms with E-state index in [2.05, 4.69) is 19.0 Å². The predicted molar refractivity (Wildman–Crippen MR) is 70.4 cm³/mol. The second kappa shape index (κ2) is 6.69. The number of thioether (sulfide) groups is 1. The Kier molecular flexibility index (Phi) is 5.55. The first-order valence-corrected chi connectivity index (χ1v) is 7.00. The first-order chi connectivity index (χ1) is 8.06. The van der Waals surface area contributed by atoms with Crippen LogP contribution in [0.4, 0.5) is 0 Å². The molecule has 0 radical (unpaired) electrons. The van der Waals surface area contributed by atoms with Crippen LogP contribution in [0, 0.1) is 6.92 Å². The molecular formula is C12H20N2O2S. The van der Waals surface area contributed by atoms with Crippen molar-refractivity contribution in [2.24, 2.45) is 0 Å². The highest BCUT2D eigenvalue weighted by Crippen LogP contribution is 2.12. The topological polar surface area (TPSA) is 46.3 Å². The van der Waals surface area contributed by atoms with Gasteiger partial charge in [-0.15, -0.1) is 0 Å². The van der Waals surface area contributed by atoms with Gasteiger partial charge in [-0.05, 0) is 31.8 Å². The summed E-state index contributed by atoms with van der Waals surface area (Å²) in [5, 5.41) is 3.74. The van der Waals surface area contributed by atoms with Crippen molar-refractivity contribution in [3.05, 3.63) is 17.5 Å². The van der Waals surface area contributed by atoms with Crippen molar-refractivity contribution in [2.45, 2.75) is 33.2 Å². The van der Waals surface area contributed by atoms with Crippen molar-refractivity contribution in [1.29, 1.82) is 0 Å². The predicted octanol–water partition coefficient (Wildman–Crippen LogP) is 2.59. The summed E-state index contributed by atoms with van der Waals surface area (Å²) >= 11 is 1.89. The van der Waals surface area contributed by atoms with E-state index < -0.39 is 0 Å². The fourth-order valence-corrected chi connectivity index (χ4v) is 2.24. The van der Waals surface area contributed by atoms with Crippen LogP contribution in [0.3, 0.4) is 0 Å². The minimum atomic E-state index is -0.0733. The van der Waals surface area contributed by atoms with E-state index in [1.807, 2.05) is 18.8 Å². The second-order valence-electron chi connectivity index (χ2n) is 4.07. The van der Waals surface area contributed by atoms with Gasteiger partial charge in [-0.1, -0.05) is 12.1 Å². The van der Waals surface area contributed by atoms with Gasteiger partial charge in [0.15, 0.2) is 5.69 Å². The quantitative estimate of drug-likeness (QED) is 0.734. The molecule has 0 unspecified atom stereocenters. The Hall–Kier alpha value is -0.970. The Labute approximate surface area is 107 Å². The van der Waals surface area contributed by atoms with Crippen LogP contribution in [0.25, 0.3) is 0 Å². The first kappa shape index (κ1) is 14.1. The number of hydrogen-bond donors (Lipinski definition) is 0. The molecule has 0 fully saturated rings. The van der Waals surface area contributed by atoms with Gasteiger partial charge in [0.2, 0.25) is 0 Å². The lowest BCUT2D eigenvalue weighted by atomic mass is 10.2. The van der Waals surface area contributed by atoms with Gasteiger partial charge in [-0.3, -0.25) is 4.79 Å². The van der Waals surface area contributed by atoms with Crippen LogP contribution >= 0.6 is 11.8 Å². The van der Waals surface area contributed by atoms with Gasteiger partial charge >= 0.3 is 0 Å². The van der Waals surface area contributed by atoms with Gasteiger partial charge in [-0.25, -0.2) is 0 Å². The third kappa shape index (κ3) is 4.07. The summed E-state index contributed by atoms with van der Waals surface area (Å²) in [6, 6.07) is 1.89. The van der Waals surface area contributed by atoms with Crippen LogP contribution in [-0.4, -0.2) is 40.6 Å². The molecular weight excluding hydrogens is 236 g/mol. The third-order valence-electron chi connectivity index (χ3n) is 2.71. The monoisotopic (exact) mass is 256 g/mol. The van der Waals surface area contributed by atoms with Crippen LogP contribution in [0.5, 0.6) is 0 Å². The third-order valence-corrected chi connectivity index (χ3v) is 3.65. The Bertz CT molecular complexity index is 365. The summed E-state index contributed by atoms with van der Waals surface area (Å²) in [5.41, 5.74) is 0.389. The van der Waals surface area contributed by atoms with Gasteiger partial charge < -0.3 is 9.42 Å². The van der Waals surface area contributed by atoms with Crippen LogP contribution in [-0.2, 0) is 0 Å². The average molecular weight is 256 g/mol. The normalized spacial score (nSPS) is 12.5. The van der Waals surface area contributed by atoms with E-state index >= 15 is 0 Å². The van der Waals surface area contributed by atoms with Crippen LogP contribution < -0.4 is 0 Å². The number of aryl methyl sites for hydroxylation is 1. The Morgan fingerprint density at radius 3 is 2.88 bits per heavy atom. The molecule has 0 aromatic carbocycles. The molecule has 0 bridgehead atoms. The molecule has 0 saturated carbocycles. The van der Waals surface area contributed by atoms with Gasteiger partial charge in [0.05, 0.1) is 0 Å². The molecule has 0 aliphatic carbocycles. The van der Waals surface area contributed by atoms with Crippen LogP contribution in [0.15, 0.2) is 10.6 Å². The SMILES string of the molecule is CCSCC[C@@H](C)N(C)C(=O)c1cc(C)on1. The van der Waals surface area contributed by atoms with E-state index in [0.717, 1.165) is 17.9 Å².